The van der Waals surface area contributed by atoms with Crippen molar-refractivity contribution in [2.24, 2.45) is 0 Å². The van der Waals surface area contributed by atoms with Gasteiger partial charge in [0, 0.05) is 0 Å². The monoisotopic (exact) mass is 624 g/mol. The molecule has 0 N–H and O–H groups in total. The van der Waals surface area contributed by atoms with Crippen molar-refractivity contribution in [2.75, 3.05) is 13.2 Å². The molecule has 2 atom stereocenters. The van der Waals surface area contributed by atoms with Crippen molar-refractivity contribution in [2.45, 2.75) is 158 Å². The summed E-state index contributed by atoms with van der Waals surface area (Å²) in [5.74, 6) is -0.205. The molecule has 35 heavy (non-hydrogen) atoms. The zero-order valence-electron chi connectivity index (χ0n) is 22.8. The van der Waals surface area contributed by atoms with Gasteiger partial charge in [-0.1, -0.05) is 155 Å². The second kappa shape index (κ2) is 26.9. The Morgan fingerprint density at radius 3 is 0.943 bits per heavy atom. The Balaban J connectivity index is 3.20. The Bertz CT molecular complexity index is 445. The van der Waals surface area contributed by atoms with Gasteiger partial charge < -0.3 is 9.47 Å². The van der Waals surface area contributed by atoms with Crippen LogP contribution >= 0.6 is 31.9 Å². The molecule has 0 amide bonds. The second-order valence-corrected chi connectivity index (χ2v) is 12.1. The lowest BCUT2D eigenvalue weighted by molar-refractivity contribution is -0.144. The van der Waals surface area contributed by atoms with Crippen LogP contribution < -0.4 is 0 Å². The van der Waals surface area contributed by atoms with Crippen LogP contribution in [-0.4, -0.2) is 34.8 Å². The first-order valence-corrected chi connectivity index (χ1v) is 16.5. The van der Waals surface area contributed by atoms with Crippen LogP contribution in [0.3, 0.4) is 0 Å². The van der Waals surface area contributed by atoms with Gasteiger partial charge in [-0.15, -0.1) is 0 Å². The van der Waals surface area contributed by atoms with E-state index >= 15 is 0 Å². The van der Waals surface area contributed by atoms with Gasteiger partial charge in [0.15, 0.2) is 0 Å². The highest BCUT2D eigenvalue weighted by Gasteiger charge is 2.15. The molecule has 0 bridgehead atoms. The fraction of sp³-hybridized carbons (Fsp3) is 0.931. The molecule has 0 aromatic rings. The molecular formula is C29H54Br2O4. The topological polar surface area (TPSA) is 52.6 Å². The molecular weight excluding hydrogens is 572 g/mol. The number of ether oxygens (including phenoxy) is 2. The molecule has 0 aromatic heterocycles. The SMILES string of the molecule is CCCC(Br)C(=O)OCCCCCCCCCCCCCCCCCCCOC(=O)C(Br)CCC. The first kappa shape index (κ1) is 34.9. The van der Waals surface area contributed by atoms with Crippen LogP contribution in [0.5, 0.6) is 0 Å². The Kier molecular flexibility index (Phi) is 26.9. The van der Waals surface area contributed by atoms with E-state index in [1.54, 1.807) is 0 Å². The van der Waals surface area contributed by atoms with E-state index in [2.05, 4.69) is 45.7 Å². The van der Waals surface area contributed by atoms with E-state index in [1.165, 1.54) is 83.5 Å². The number of hydrogen-bond donors (Lipinski definition) is 0. The maximum atomic E-state index is 11.7. The summed E-state index contributed by atoms with van der Waals surface area (Å²) in [6, 6.07) is 0. The lowest BCUT2D eigenvalue weighted by atomic mass is 10.0. The third-order valence-electron chi connectivity index (χ3n) is 6.37. The zero-order chi connectivity index (χ0) is 26.0. The molecule has 0 aromatic carbocycles. The molecule has 0 spiro atoms. The molecule has 0 aliphatic rings. The van der Waals surface area contributed by atoms with Crippen molar-refractivity contribution in [1.29, 1.82) is 0 Å². The highest BCUT2D eigenvalue weighted by atomic mass is 79.9. The lowest BCUT2D eigenvalue weighted by Gasteiger charge is -2.09. The summed E-state index contributed by atoms with van der Waals surface area (Å²) < 4.78 is 10.6. The van der Waals surface area contributed by atoms with Gasteiger partial charge in [-0.05, 0) is 25.7 Å². The summed E-state index contributed by atoms with van der Waals surface area (Å²) in [6.07, 6.45) is 25.4. The molecule has 0 saturated heterocycles. The third-order valence-corrected chi connectivity index (χ3v) is 8.04. The number of halogens is 2. The quantitative estimate of drug-likeness (QED) is 0.0545. The van der Waals surface area contributed by atoms with Crippen molar-refractivity contribution in [3.05, 3.63) is 0 Å². The predicted octanol–water partition coefficient (Wildman–Crippen LogP) is 9.83. The van der Waals surface area contributed by atoms with Gasteiger partial charge in [0.25, 0.3) is 0 Å². The first-order valence-electron chi connectivity index (χ1n) is 14.6. The van der Waals surface area contributed by atoms with Crippen molar-refractivity contribution in [3.8, 4) is 0 Å². The maximum absolute atomic E-state index is 11.7. The molecule has 2 unspecified atom stereocenters. The Morgan fingerprint density at radius 1 is 0.486 bits per heavy atom. The number of carbonyl (C=O) groups is 2. The fourth-order valence-electron chi connectivity index (χ4n) is 4.12. The lowest BCUT2D eigenvalue weighted by Crippen LogP contribution is -2.17. The summed E-state index contributed by atoms with van der Waals surface area (Å²) >= 11 is 6.77. The van der Waals surface area contributed by atoms with Gasteiger partial charge >= 0.3 is 11.9 Å². The minimum atomic E-state index is -0.133. The summed E-state index contributed by atoms with van der Waals surface area (Å²) in [7, 11) is 0. The zero-order valence-corrected chi connectivity index (χ0v) is 26.0. The molecule has 0 radical (unpaired) electrons. The Labute approximate surface area is 233 Å². The summed E-state index contributed by atoms with van der Waals surface area (Å²) in [6.45, 7) is 5.29. The number of alkyl halides is 2. The average molecular weight is 627 g/mol. The average Bonchev–Trinajstić information content (AvgIpc) is 2.84. The van der Waals surface area contributed by atoms with Gasteiger partial charge in [0.1, 0.15) is 9.65 Å². The highest BCUT2D eigenvalue weighted by molar-refractivity contribution is 9.10. The van der Waals surface area contributed by atoms with Crippen molar-refractivity contribution < 1.29 is 19.1 Å². The molecule has 0 aliphatic carbocycles. The summed E-state index contributed by atoms with van der Waals surface area (Å²) in [5.41, 5.74) is 0. The number of carbonyl (C=O) groups excluding carboxylic acids is 2. The largest absolute Gasteiger partial charge is 0.465 e. The molecule has 0 aliphatic heterocycles. The van der Waals surface area contributed by atoms with E-state index in [1.807, 2.05) is 0 Å². The standard InChI is InChI=1S/C29H54Br2O4/c1-3-22-26(30)28(32)34-24-20-18-16-14-12-10-8-6-5-7-9-11-13-15-17-19-21-25-35-29(33)27(31)23-4-2/h26-27H,3-25H2,1-2H3. The van der Waals surface area contributed by atoms with Crippen LogP contribution in [0.1, 0.15) is 149 Å². The van der Waals surface area contributed by atoms with Crippen LogP contribution in [0.25, 0.3) is 0 Å². The van der Waals surface area contributed by atoms with Gasteiger partial charge in [-0.2, -0.15) is 0 Å². The van der Waals surface area contributed by atoms with E-state index in [-0.39, 0.29) is 21.6 Å². The minimum absolute atomic E-state index is 0.103. The molecule has 0 heterocycles. The summed E-state index contributed by atoms with van der Waals surface area (Å²) in [4.78, 5) is 23.1. The molecule has 4 nitrogen and oxygen atoms in total. The van der Waals surface area contributed by atoms with Crippen molar-refractivity contribution in [1.82, 2.24) is 0 Å². The molecule has 6 heteroatoms. The van der Waals surface area contributed by atoms with Crippen LogP contribution in [-0.2, 0) is 19.1 Å². The van der Waals surface area contributed by atoms with Crippen molar-refractivity contribution >= 4 is 43.8 Å². The first-order chi connectivity index (χ1) is 17.0. The molecule has 0 rings (SSSR count). The van der Waals surface area contributed by atoms with E-state index < -0.39 is 0 Å². The van der Waals surface area contributed by atoms with E-state index in [4.69, 9.17) is 9.47 Å². The number of unbranched alkanes of at least 4 members (excludes halogenated alkanes) is 16. The molecule has 208 valence electrons. The van der Waals surface area contributed by atoms with Gasteiger partial charge in [0.2, 0.25) is 0 Å². The van der Waals surface area contributed by atoms with Crippen LogP contribution in [0, 0.1) is 0 Å². The smallest absolute Gasteiger partial charge is 0.319 e. The fourth-order valence-corrected chi connectivity index (χ4v) is 5.30. The third kappa shape index (κ3) is 24.0. The van der Waals surface area contributed by atoms with Crippen LogP contribution in [0.15, 0.2) is 0 Å². The van der Waals surface area contributed by atoms with E-state index in [0.717, 1.165) is 51.4 Å². The minimum Gasteiger partial charge on any atom is -0.465 e. The normalized spacial score (nSPS) is 12.9. The van der Waals surface area contributed by atoms with Crippen LogP contribution in [0.2, 0.25) is 0 Å². The van der Waals surface area contributed by atoms with Gasteiger partial charge in [-0.3, -0.25) is 9.59 Å². The molecule has 0 fully saturated rings. The Hall–Kier alpha value is -0.100. The molecule has 0 saturated carbocycles. The number of hydrogen-bond acceptors (Lipinski definition) is 4. The van der Waals surface area contributed by atoms with E-state index in [9.17, 15) is 9.59 Å². The van der Waals surface area contributed by atoms with Gasteiger partial charge in [0.05, 0.1) is 13.2 Å². The maximum Gasteiger partial charge on any atom is 0.319 e. The van der Waals surface area contributed by atoms with Crippen LogP contribution in [0.4, 0.5) is 0 Å². The number of rotatable bonds is 26. The highest BCUT2D eigenvalue weighted by Crippen LogP contribution is 2.15. The second-order valence-electron chi connectivity index (χ2n) is 9.86. The van der Waals surface area contributed by atoms with Crippen molar-refractivity contribution in [3.63, 3.8) is 0 Å². The summed E-state index contributed by atoms with van der Waals surface area (Å²) in [5, 5.41) is 0. The predicted molar refractivity (Wildman–Crippen MR) is 156 cm³/mol. The van der Waals surface area contributed by atoms with Gasteiger partial charge in [-0.25, -0.2) is 0 Å². The van der Waals surface area contributed by atoms with E-state index in [0.29, 0.717) is 13.2 Å². The number of esters is 2. The Morgan fingerprint density at radius 2 is 0.714 bits per heavy atom.